The van der Waals surface area contributed by atoms with Crippen LogP contribution in [0.2, 0.25) is 10.0 Å². The lowest BCUT2D eigenvalue weighted by molar-refractivity contribution is -0.146. The van der Waals surface area contributed by atoms with Crippen LogP contribution in [0.25, 0.3) is 0 Å². The number of hydrogen-bond donors (Lipinski definition) is 2. The van der Waals surface area contributed by atoms with Crippen molar-refractivity contribution in [3.8, 4) is 0 Å². The van der Waals surface area contributed by atoms with Gasteiger partial charge in [0.05, 0.1) is 32.1 Å². The summed E-state index contributed by atoms with van der Waals surface area (Å²) in [6.07, 6.45) is 7.74. The topological polar surface area (TPSA) is 97.4 Å². The number of benzene rings is 1. The first-order valence-electron chi connectivity index (χ1n) is 11.8. The molecule has 0 saturated heterocycles. The molecule has 10 heteroatoms. The number of anilines is 1. The first-order valence-corrected chi connectivity index (χ1v) is 13.4. The summed E-state index contributed by atoms with van der Waals surface area (Å²) in [5, 5.41) is 6.43. The van der Waals surface area contributed by atoms with Gasteiger partial charge in [-0.15, -0.1) is 0 Å². The quantitative estimate of drug-likeness (QED) is 0.372. The summed E-state index contributed by atoms with van der Waals surface area (Å²) in [7, 11) is 0. The van der Waals surface area contributed by atoms with E-state index in [0.717, 1.165) is 43.4 Å². The molecule has 2 aliphatic carbocycles. The number of nitrogens with one attached hydrogen (secondary N) is 2. The average Bonchev–Trinajstić information content (AvgIpc) is 2.87. The van der Waals surface area contributed by atoms with Crippen LogP contribution in [-0.4, -0.2) is 35.3 Å². The van der Waals surface area contributed by atoms with Gasteiger partial charge < -0.3 is 15.4 Å². The van der Waals surface area contributed by atoms with E-state index >= 15 is 0 Å². The molecule has 0 bridgehead atoms. The Morgan fingerprint density at radius 1 is 1.11 bits per heavy atom. The highest BCUT2D eigenvalue weighted by Crippen LogP contribution is 2.53. The van der Waals surface area contributed by atoms with Crippen molar-refractivity contribution in [1.82, 2.24) is 10.3 Å². The monoisotopic (exact) mass is 593 g/mol. The van der Waals surface area contributed by atoms with Gasteiger partial charge in [-0.1, -0.05) is 54.6 Å². The summed E-state index contributed by atoms with van der Waals surface area (Å²) >= 11 is 15.6. The van der Waals surface area contributed by atoms with E-state index in [1.165, 1.54) is 12.4 Å². The van der Waals surface area contributed by atoms with Gasteiger partial charge in [-0.3, -0.25) is 14.6 Å². The molecule has 4 rings (SSSR count). The molecular formula is C26H26BrCl2N3O4. The fraction of sp³-hybridized carbons (Fsp3) is 0.385. The number of rotatable bonds is 8. The minimum absolute atomic E-state index is 0.113. The van der Waals surface area contributed by atoms with Gasteiger partial charge in [0.15, 0.2) is 5.78 Å². The minimum atomic E-state index is -0.658. The zero-order chi connectivity index (χ0) is 25.9. The van der Waals surface area contributed by atoms with Gasteiger partial charge in [-0.25, -0.2) is 4.79 Å². The van der Waals surface area contributed by atoms with Crippen molar-refractivity contribution in [2.24, 2.45) is 5.41 Å². The number of pyridine rings is 1. The number of nitrogens with zero attached hydrogens (tertiary/aromatic N) is 1. The lowest BCUT2D eigenvalue weighted by Crippen LogP contribution is -2.53. The fourth-order valence-corrected chi connectivity index (χ4v) is 6.22. The first kappa shape index (κ1) is 26.6. The van der Waals surface area contributed by atoms with E-state index < -0.39 is 17.4 Å². The van der Waals surface area contributed by atoms with Crippen molar-refractivity contribution in [3.63, 3.8) is 0 Å². The molecule has 2 aliphatic rings. The SMILES string of the molecule is CCOC(=O)[C@H](Cc1ccc(NC(=O)c2c(Cl)cncc2Cl)cc1)NC1=C(Br)C(=O)C12CCCCC2. The molecule has 190 valence electrons. The maximum atomic E-state index is 12.8. The molecule has 7 nitrogen and oxygen atoms in total. The predicted molar refractivity (Wildman–Crippen MR) is 142 cm³/mol. The van der Waals surface area contributed by atoms with Crippen molar-refractivity contribution in [2.75, 3.05) is 11.9 Å². The van der Waals surface area contributed by atoms with Gasteiger partial charge in [-0.05, 0) is 53.4 Å². The highest BCUT2D eigenvalue weighted by atomic mass is 79.9. The minimum Gasteiger partial charge on any atom is -0.464 e. The third kappa shape index (κ3) is 5.31. The Morgan fingerprint density at radius 2 is 1.75 bits per heavy atom. The normalized spacial score (nSPS) is 17.4. The number of Topliss-reactive ketones (excluding diaryl/α,β-unsaturated/α-hetero) is 1. The van der Waals surface area contributed by atoms with Crippen molar-refractivity contribution >= 4 is 62.5 Å². The van der Waals surface area contributed by atoms with Crippen molar-refractivity contribution in [2.45, 2.75) is 51.5 Å². The molecule has 1 aromatic heterocycles. The van der Waals surface area contributed by atoms with Crippen LogP contribution >= 0.6 is 39.1 Å². The van der Waals surface area contributed by atoms with Crippen LogP contribution in [0, 0.1) is 5.41 Å². The Morgan fingerprint density at radius 3 is 2.36 bits per heavy atom. The van der Waals surface area contributed by atoms with Crippen LogP contribution in [0.5, 0.6) is 0 Å². The number of esters is 1. The average molecular weight is 595 g/mol. The molecule has 1 atom stereocenters. The third-order valence-corrected chi connectivity index (χ3v) is 7.99. The molecule has 1 spiro atoms. The second-order valence-electron chi connectivity index (χ2n) is 8.94. The molecule has 2 N–H and O–H groups in total. The summed E-state index contributed by atoms with van der Waals surface area (Å²) in [6.45, 7) is 2.02. The second kappa shape index (κ2) is 11.3. The van der Waals surface area contributed by atoms with Gasteiger partial charge in [0.2, 0.25) is 0 Å². The maximum absolute atomic E-state index is 12.8. The number of aromatic nitrogens is 1. The number of carbonyl (C=O) groups is 3. The standard InChI is InChI=1S/C26H26BrCl2N3O4/c1-2-36-25(35)19(32-22-21(27)23(33)26(22)10-4-3-5-11-26)12-15-6-8-16(9-7-15)31-24(34)20-17(28)13-30-14-18(20)29/h6-9,13-14,19,32H,2-5,10-12H2,1H3,(H,31,34)/t19-/m0/s1. The van der Waals surface area contributed by atoms with Crippen molar-refractivity contribution < 1.29 is 19.1 Å². The predicted octanol–water partition coefficient (Wildman–Crippen LogP) is 5.84. The van der Waals surface area contributed by atoms with Gasteiger partial charge in [-0.2, -0.15) is 0 Å². The van der Waals surface area contributed by atoms with Gasteiger partial charge >= 0.3 is 5.97 Å². The molecule has 1 fully saturated rings. The number of halogens is 3. The number of ether oxygens (including phenoxy) is 1. The summed E-state index contributed by atoms with van der Waals surface area (Å²) in [5.41, 5.74) is 1.84. The molecule has 2 aromatic rings. The van der Waals surface area contributed by atoms with Crippen LogP contribution in [0.3, 0.4) is 0 Å². The highest BCUT2D eigenvalue weighted by Gasteiger charge is 2.53. The van der Waals surface area contributed by atoms with E-state index in [9.17, 15) is 14.4 Å². The number of carbonyl (C=O) groups excluding carboxylic acids is 3. The van der Waals surface area contributed by atoms with E-state index in [1.54, 1.807) is 19.1 Å². The largest absolute Gasteiger partial charge is 0.464 e. The summed E-state index contributed by atoms with van der Waals surface area (Å²) in [4.78, 5) is 42.0. The van der Waals surface area contributed by atoms with Gasteiger partial charge in [0.1, 0.15) is 6.04 Å². The van der Waals surface area contributed by atoms with Crippen molar-refractivity contribution in [3.05, 3.63) is 68.0 Å². The van der Waals surface area contributed by atoms with Crippen molar-refractivity contribution in [1.29, 1.82) is 0 Å². The maximum Gasteiger partial charge on any atom is 0.328 e. The summed E-state index contributed by atoms with van der Waals surface area (Å²) in [5.74, 6) is -0.716. The van der Waals surface area contributed by atoms with E-state index in [4.69, 9.17) is 27.9 Å². The lowest BCUT2D eigenvalue weighted by Gasteiger charge is -2.46. The lowest BCUT2D eigenvalue weighted by atomic mass is 9.62. The first-order chi connectivity index (χ1) is 17.3. The van der Waals surface area contributed by atoms with Crippen LogP contribution in [0.15, 0.2) is 46.8 Å². The zero-order valence-corrected chi connectivity index (χ0v) is 22.8. The number of hydrogen-bond acceptors (Lipinski definition) is 6. The van der Waals surface area contributed by atoms with Crippen LogP contribution in [0.4, 0.5) is 5.69 Å². The van der Waals surface area contributed by atoms with E-state index in [1.807, 2.05) is 12.1 Å². The Labute approximate surface area is 228 Å². The van der Waals surface area contributed by atoms with Crippen LogP contribution in [-0.2, 0) is 20.7 Å². The molecule has 1 heterocycles. The molecule has 1 aromatic carbocycles. The number of allylic oxidation sites excluding steroid dienone is 2. The Hall–Kier alpha value is -2.42. The fourth-order valence-electron chi connectivity index (χ4n) is 4.81. The highest BCUT2D eigenvalue weighted by molar-refractivity contribution is 9.12. The number of ketones is 1. The van der Waals surface area contributed by atoms with Gasteiger partial charge in [0, 0.05) is 30.2 Å². The van der Waals surface area contributed by atoms with Crippen LogP contribution in [0.1, 0.15) is 54.9 Å². The zero-order valence-electron chi connectivity index (χ0n) is 19.7. The smallest absolute Gasteiger partial charge is 0.328 e. The van der Waals surface area contributed by atoms with E-state index in [0.29, 0.717) is 16.6 Å². The Kier molecular flexibility index (Phi) is 8.37. The third-order valence-electron chi connectivity index (χ3n) is 6.66. The second-order valence-corrected chi connectivity index (χ2v) is 10.6. The number of amides is 1. The van der Waals surface area contributed by atoms with Gasteiger partial charge in [0.25, 0.3) is 5.91 Å². The molecule has 0 aliphatic heterocycles. The summed E-state index contributed by atoms with van der Waals surface area (Å²) < 4.78 is 5.84. The van der Waals surface area contributed by atoms with Crippen LogP contribution < -0.4 is 10.6 Å². The Bertz CT molecular complexity index is 1190. The molecule has 1 amide bonds. The molecular weight excluding hydrogens is 569 g/mol. The molecule has 1 saturated carbocycles. The van der Waals surface area contributed by atoms with E-state index in [-0.39, 0.29) is 34.0 Å². The molecule has 36 heavy (non-hydrogen) atoms. The molecule has 0 unspecified atom stereocenters. The van der Waals surface area contributed by atoms with E-state index in [2.05, 4.69) is 31.5 Å². The Balaban J connectivity index is 1.48. The summed E-state index contributed by atoms with van der Waals surface area (Å²) in [6, 6.07) is 6.47. The molecule has 0 radical (unpaired) electrons.